The molecular formula is C27H55BrNO5P. The Morgan fingerprint density at radius 3 is 1.26 bits per heavy atom. The Bertz CT molecular complexity index is 560. The van der Waals surface area contributed by atoms with E-state index < -0.39 is 12.8 Å². The number of halogens is 1. The number of nitrogens with zero attached hydrogens (tertiary/aromatic N) is 1. The van der Waals surface area contributed by atoms with Crippen molar-refractivity contribution in [1.29, 1.82) is 0 Å². The first-order valence-electron chi connectivity index (χ1n) is 13.9. The van der Waals surface area contributed by atoms with E-state index in [-0.39, 0.29) is 36.0 Å². The van der Waals surface area contributed by atoms with Gasteiger partial charge in [-0.3, -0.25) is 4.57 Å². The molecule has 0 heterocycles. The van der Waals surface area contributed by atoms with E-state index in [1.165, 1.54) is 103 Å². The Morgan fingerprint density at radius 1 is 0.629 bits per heavy atom. The number of aldehydes is 2. The van der Waals surface area contributed by atoms with Crippen molar-refractivity contribution in [2.24, 2.45) is 0 Å². The maximum atomic E-state index is 11.5. The first-order chi connectivity index (χ1) is 16.1. The highest BCUT2D eigenvalue weighted by atomic mass is 79.9. The van der Waals surface area contributed by atoms with Crippen LogP contribution in [-0.2, 0) is 14.2 Å². The van der Waals surface area contributed by atoms with Crippen LogP contribution in [0.15, 0.2) is 0 Å². The monoisotopic (exact) mass is 583 g/mol. The van der Waals surface area contributed by atoms with Crippen molar-refractivity contribution in [3.63, 3.8) is 0 Å². The second kappa shape index (κ2) is 22.0. The van der Waals surface area contributed by atoms with Crippen molar-refractivity contribution >= 4 is 20.2 Å². The summed E-state index contributed by atoms with van der Waals surface area (Å²) in [5.74, 6) is 0. The summed E-state index contributed by atoms with van der Waals surface area (Å²) < 4.78 is 12.4. The van der Waals surface area contributed by atoms with Gasteiger partial charge in [-0.05, 0) is 32.1 Å². The fourth-order valence-corrected chi connectivity index (χ4v) is 5.30. The van der Waals surface area contributed by atoms with Crippen molar-refractivity contribution in [2.45, 2.75) is 134 Å². The van der Waals surface area contributed by atoms with Crippen LogP contribution in [0.1, 0.15) is 129 Å². The van der Waals surface area contributed by atoms with Crippen LogP contribution < -0.4 is 17.0 Å². The Kier molecular flexibility index (Phi) is 23.3. The number of rotatable bonds is 25. The van der Waals surface area contributed by atoms with Crippen LogP contribution >= 0.6 is 7.60 Å². The summed E-state index contributed by atoms with van der Waals surface area (Å²) in [6, 6.07) is 0. The second-order valence-corrected chi connectivity index (χ2v) is 12.8. The second-order valence-electron chi connectivity index (χ2n) is 10.9. The molecule has 35 heavy (non-hydrogen) atoms. The van der Waals surface area contributed by atoms with Crippen LogP contribution in [0.25, 0.3) is 0 Å². The number of carbonyl (C=O) groups excluding carboxylic acids is 2. The number of carbonyl (C=O) groups is 2. The van der Waals surface area contributed by atoms with E-state index >= 15 is 0 Å². The summed E-state index contributed by atoms with van der Waals surface area (Å²) in [7, 11) is -0.441. The van der Waals surface area contributed by atoms with Crippen LogP contribution in [-0.4, -0.2) is 59.2 Å². The lowest BCUT2D eigenvalue weighted by atomic mass is 10.0. The molecule has 0 radical (unpaired) electrons. The molecule has 0 saturated carbocycles. The zero-order valence-corrected chi connectivity index (χ0v) is 25.4. The van der Waals surface area contributed by atoms with Gasteiger partial charge in [-0.2, -0.15) is 0 Å². The minimum absolute atomic E-state index is 0. The molecular weight excluding hydrogens is 529 g/mol. The van der Waals surface area contributed by atoms with Gasteiger partial charge in [-0.15, -0.1) is 0 Å². The SMILES string of the molecule is CCCCCCCCCCCCCCCCCC[N+](C)(C)CCCCC(C=O)(C=O)P(=O)(O)O.[Br-]. The molecule has 0 fully saturated rings. The molecule has 0 aromatic heterocycles. The Hall–Kier alpha value is -0.0700. The molecule has 0 atom stereocenters. The predicted molar refractivity (Wildman–Crippen MR) is 142 cm³/mol. The minimum Gasteiger partial charge on any atom is -1.00 e. The third-order valence-electron chi connectivity index (χ3n) is 7.16. The van der Waals surface area contributed by atoms with Gasteiger partial charge in [0.25, 0.3) is 0 Å². The van der Waals surface area contributed by atoms with Gasteiger partial charge in [0.15, 0.2) is 5.16 Å². The molecule has 0 unspecified atom stereocenters. The van der Waals surface area contributed by atoms with E-state index in [1.807, 2.05) is 0 Å². The molecule has 2 N–H and O–H groups in total. The molecule has 0 aliphatic heterocycles. The Labute approximate surface area is 226 Å². The van der Waals surface area contributed by atoms with Crippen LogP contribution in [0, 0.1) is 0 Å². The van der Waals surface area contributed by atoms with Gasteiger partial charge in [0.1, 0.15) is 12.6 Å². The summed E-state index contributed by atoms with van der Waals surface area (Å²) in [5, 5.41) is -2.17. The minimum atomic E-state index is -4.78. The summed E-state index contributed by atoms with van der Waals surface area (Å²) in [6.45, 7) is 4.21. The standard InChI is InChI=1S/C27H54NO5P.BrH/c1-4-5-6-7-8-9-10-11-12-13-14-15-16-17-18-20-23-28(2,3)24-21-19-22-27(25-29,26-30)34(31,32)33;/h25-26H,4-24H2,1-3H3,(H-,31,32,33);1H. The fourth-order valence-electron chi connectivity index (χ4n) is 4.58. The lowest BCUT2D eigenvalue weighted by molar-refractivity contribution is -0.890. The molecule has 8 heteroatoms. The highest BCUT2D eigenvalue weighted by Gasteiger charge is 2.46. The normalized spacial score (nSPS) is 12.4. The average molecular weight is 585 g/mol. The van der Waals surface area contributed by atoms with E-state index in [2.05, 4.69) is 21.0 Å². The molecule has 0 saturated heterocycles. The van der Waals surface area contributed by atoms with E-state index in [0.717, 1.165) is 24.0 Å². The van der Waals surface area contributed by atoms with E-state index in [4.69, 9.17) is 0 Å². The number of hydrogen-bond donors (Lipinski definition) is 2. The zero-order valence-electron chi connectivity index (χ0n) is 22.9. The van der Waals surface area contributed by atoms with Gasteiger partial charge < -0.3 is 40.8 Å². The third-order valence-corrected chi connectivity index (χ3v) is 8.68. The van der Waals surface area contributed by atoms with Crippen molar-refractivity contribution in [3.8, 4) is 0 Å². The first-order valence-corrected chi connectivity index (χ1v) is 15.6. The largest absolute Gasteiger partial charge is 1.00 e. The maximum Gasteiger partial charge on any atom is 0.345 e. The molecule has 0 spiro atoms. The van der Waals surface area contributed by atoms with Crippen molar-refractivity contribution in [1.82, 2.24) is 0 Å². The quantitative estimate of drug-likeness (QED) is 0.0560. The lowest BCUT2D eigenvalue weighted by Crippen LogP contribution is -3.00. The average Bonchev–Trinajstić information content (AvgIpc) is 2.78. The molecule has 0 rings (SSSR count). The Morgan fingerprint density at radius 2 is 0.943 bits per heavy atom. The molecule has 0 aromatic carbocycles. The van der Waals surface area contributed by atoms with Crippen molar-refractivity contribution < 1.29 is 45.4 Å². The molecule has 0 bridgehead atoms. The van der Waals surface area contributed by atoms with Gasteiger partial charge in [-0.25, -0.2) is 0 Å². The summed E-state index contributed by atoms with van der Waals surface area (Å²) in [5.41, 5.74) is 0. The molecule has 0 amide bonds. The highest BCUT2D eigenvalue weighted by molar-refractivity contribution is 7.55. The van der Waals surface area contributed by atoms with Crippen molar-refractivity contribution in [2.75, 3.05) is 27.2 Å². The van der Waals surface area contributed by atoms with E-state index in [1.54, 1.807) is 0 Å². The van der Waals surface area contributed by atoms with Gasteiger partial charge in [0, 0.05) is 0 Å². The van der Waals surface area contributed by atoms with Crippen LogP contribution in [0.5, 0.6) is 0 Å². The summed E-state index contributed by atoms with van der Waals surface area (Å²) in [6.07, 6.45) is 23.1. The van der Waals surface area contributed by atoms with Gasteiger partial charge >= 0.3 is 7.60 Å². The maximum absolute atomic E-state index is 11.5. The van der Waals surface area contributed by atoms with E-state index in [9.17, 15) is 23.9 Å². The molecule has 0 aromatic rings. The Balaban J connectivity index is 0. The highest BCUT2D eigenvalue weighted by Crippen LogP contribution is 2.50. The summed E-state index contributed by atoms with van der Waals surface area (Å²) >= 11 is 0. The predicted octanol–water partition coefficient (Wildman–Crippen LogP) is 3.81. The van der Waals surface area contributed by atoms with Crippen molar-refractivity contribution in [3.05, 3.63) is 0 Å². The first kappa shape index (κ1) is 37.1. The van der Waals surface area contributed by atoms with Gasteiger partial charge in [-0.1, -0.05) is 96.8 Å². The fraction of sp³-hybridized carbons (Fsp3) is 0.926. The van der Waals surface area contributed by atoms with Crippen LogP contribution in [0.2, 0.25) is 0 Å². The number of unbranched alkanes of at least 4 members (excludes halogenated alkanes) is 16. The van der Waals surface area contributed by atoms with Crippen LogP contribution in [0.4, 0.5) is 0 Å². The summed E-state index contributed by atoms with van der Waals surface area (Å²) in [4.78, 5) is 41.0. The topological polar surface area (TPSA) is 91.7 Å². The zero-order chi connectivity index (χ0) is 25.8. The van der Waals surface area contributed by atoms with Gasteiger partial charge in [0.05, 0.1) is 27.2 Å². The van der Waals surface area contributed by atoms with Crippen LogP contribution in [0.3, 0.4) is 0 Å². The number of quaternary nitrogens is 1. The third kappa shape index (κ3) is 18.8. The van der Waals surface area contributed by atoms with Gasteiger partial charge in [0.2, 0.25) is 0 Å². The molecule has 0 aliphatic rings. The van der Waals surface area contributed by atoms with E-state index in [0.29, 0.717) is 6.42 Å². The molecule has 6 nitrogen and oxygen atoms in total. The molecule has 0 aliphatic carbocycles. The molecule has 210 valence electrons. The number of hydrogen-bond acceptors (Lipinski definition) is 3. The smallest absolute Gasteiger partial charge is 0.345 e. The lowest BCUT2D eigenvalue weighted by Gasteiger charge is -2.30.